The number of hydrogen-bond donors (Lipinski definition) is 2. The average molecular weight is 562 g/mol. The van der Waals surface area contributed by atoms with Crippen molar-refractivity contribution in [3.8, 4) is 0 Å². The zero-order chi connectivity index (χ0) is 26.6. The Hall–Kier alpha value is -2.43. The van der Waals surface area contributed by atoms with Gasteiger partial charge in [-0.05, 0) is 42.3 Å². The summed E-state index contributed by atoms with van der Waals surface area (Å²) in [6.07, 6.45) is -7.19. The molecule has 2 aromatic carbocycles. The highest BCUT2D eigenvalue weighted by Crippen LogP contribution is 2.41. The zero-order valence-corrected chi connectivity index (χ0v) is 20.0. The Labute approximate surface area is 211 Å². The van der Waals surface area contributed by atoms with Gasteiger partial charge in [-0.15, -0.1) is 0 Å². The highest BCUT2D eigenvalue weighted by Gasteiger charge is 2.39. The smallest absolute Gasteiger partial charge is 0.345 e. The summed E-state index contributed by atoms with van der Waals surface area (Å²) in [5.74, 6) is -3.83. The van der Waals surface area contributed by atoms with Gasteiger partial charge in [0, 0.05) is 5.56 Å². The van der Waals surface area contributed by atoms with Gasteiger partial charge in [-0.2, -0.15) is 26.3 Å². The third kappa shape index (κ3) is 8.63. The number of nitrogens with one attached hydrogen (secondary N) is 2. The minimum absolute atomic E-state index is 0.0428. The number of carbonyl (C=O) groups is 2. The van der Waals surface area contributed by atoms with E-state index in [-0.39, 0.29) is 26.2 Å². The lowest BCUT2D eigenvalue weighted by molar-refractivity contribution is -0.139. The molecular formula is C22H17Cl3F6N2O2. The van der Waals surface area contributed by atoms with Crippen molar-refractivity contribution in [2.75, 3.05) is 6.54 Å². The first-order valence-corrected chi connectivity index (χ1v) is 10.9. The molecule has 0 radical (unpaired) electrons. The first kappa shape index (κ1) is 28.8. The maximum atomic E-state index is 13.6. The van der Waals surface area contributed by atoms with Crippen LogP contribution in [0.25, 0.3) is 6.08 Å². The van der Waals surface area contributed by atoms with Crippen LogP contribution in [0.15, 0.2) is 42.5 Å². The van der Waals surface area contributed by atoms with Crippen molar-refractivity contribution in [3.63, 3.8) is 0 Å². The predicted octanol–water partition coefficient (Wildman–Crippen LogP) is 6.80. The maximum Gasteiger partial charge on any atom is 0.405 e. The van der Waals surface area contributed by atoms with Gasteiger partial charge >= 0.3 is 12.4 Å². The van der Waals surface area contributed by atoms with Crippen molar-refractivity contribution in [1.82, 2.24) is 10.6 Å². The van der Waals surface area contributed by atoms with E-state index in [1.165, 1.54) is 37.3 Å². The Morgan fingerprint density at radius 3 is 2.00 bits per heavy atom. The van der Waals surface area contributed by atoms with Gasteiger partial charge in [0.15, 0.2) is 0 Å². The fourth-order valence-electron chi connectivity index (χ4n) is 2.80. The topological polar surface area (TPSA) is 58.2 Å². The highest BCUT2D eigenvalue weighted by atomic mass is 35.5. The lowest BCUT2D eigenvalue weighted by Crippen LogP contribution is -2.47. The molecule has 0 saturated carbocycles. The summed E-state index contributed by atoms with van der Waals surface area (Å²) >= 11 is 17.5. The van der Waals surface area contributed by atoms with Crippen LogP contribution >= 0.6 is 34.8 Å². The number of amides is 2. The summed E-state index contributed by atoms with van der Waals surface area (Å²) in [6, 6.07) is 6.16. The monoisotopic (exact) mass is 560 g/mol. The Balaban J connectivity index is 2.11. The van der Waals surface area contributed by atoms with Crippen LogP contribution in [0.3, 0.4) is 0 Å². The number of benzene rings is 2. The summed E-state index contributed by atoms with van der Waals surface area (Å²) in [5.41, 5.74) is 0.140. The molecular weight excluding hydrogens is 545 g/mol. The van der Waals surface area contributed by atoms with Crippen molar-refractivity contribution >= 4 is 52.7 Å². The van der Waals surface area contributed by atoms with E-state index < -0.39 is 42.7 Å². The van der Waals surface area contributed by atoms with Crippen LogP contribution in [-0.4, -0.2) is 36.8 Å². The molecule has 0 spiro atoms. The number of carbonyl (C=O) groups excluding carboxylic acids is 2. The molecule has 35 heavy (non-hydrogen) atoms. The molecule has 0 fully saturated rings. The fourth-order valence-corrected chi connectivity index (χ4v) is 3.42. The molecule has 0 saturated heterocycles. The van der Waals surface area contributed by atoms with Gasteiger partial charge in [0.2, 0.25) is 5.91 Å². The van der Waals surface area contributed by atoms with Gasteiger partial charge in [0.1, 0.15) is 12.6 Å². The zero-order valence-electron chi connectivity index (χ0n) is 17.7. The van der Waals surface area contributed by atoms with E-state index in [9.17, 15) is 35.9 Å². The second kappa shape index (κ2) is 11.5. The van der Waals surface area contributed by atoms with Crippen LogP contribution in [0.5, 0.6) is 0 Å². The van der Waals surface area contributed by atoms with Crippen LogP contribution in [0.4, 0.5) is 26.3 Å². The molecule has 2 aromatic rings. The number of alkyl halides is 6. The number of allylic oxidation sites excluding steroid dienone is 1. The van der Waals surface area contributed by atoms with E-state index in [0.29, 0.717) is 5.56 Å². The highest BCUT2D eigenvalue weighted by molar-refractivity contribution is 6.48. The van der Waals surface area contributed by atoms with Crippen molar-refractivity contribution < 1.29 is 35.9 Å². The van der Waals surface area contributed by atoms with Crippen molar-refractivity contribution in [3.05, 3.63) is 74.2 Å². The molecule has 0 aliphatic heterocycles. The Morgan fingerprint density at radius 1 is 0.971 bits per heavy atom. The van der Waals surface area contributed by atoms with Gasteiger partial charge < -0.3 is 10.6 Å². The van der Waals surface area contributed by atoms with Crippen LogP contribution in [0, 0.1) is 0 Å². The van der Waals surface area contributed by atoms with Gasteiger partial charge in [0.25, 0.3) is 5.91 Å². The van der Waals surface area contributed by atoms with Gasteiger partial charge in [0.05, 0.1) is 21.0 Å². The molecule has 0 heterocycles. The summed E-state index contributed by atoms with van der Waals surface area (Å²) in [5, 5.41) is 3.56. The molecule has 1 unspecified atom stereocenters. The number of halogens is 9. The molecule has 0 bridgehead atoms. The first-order valence-electron chi connectivity index (χ1n) is 9.73. The maximum absolute atomic E-state index is 13.6. The lowest BCUT2D eigenvalue weighted by Gasteiger charge is -2.18. The average Bonchev–Trinajstić information content (AvgIpc) is 2.74. The second-order valence-electron chi connectivity index (χ2n) is 7.33. The SMILES string of the molecule is C[C@@H](NC(=O)c1ccc(/C=C/C(c2cc(Cl)c(Cl)c(Cl)c2)C(F)(F)F)cc1)C(=O)NCC(F)(F)F. The van der Waals surface area contributed by atoms with E-state index in [0.717, 1.165) is 18.2 Å². The van der Waals surface area contributed by atoms with E-state index in [1.807, 2.05) is 0 Å². The van der Waals surface area contributed by atoms with Crippen LogP contribution < -0.4 is 10.6 Å². The molecule has 2 N–H and O–H groups in total. The molecule has 13 heteroatoms. The Morgan fingerprint density at radius 2 is 1.51 bits per heavy atom. The summed E-state index contributed by atoms with van der Waals surface area (Å²) in [7, 11) is 0. The van der Waals surface area contributed by atoms with Crippen molar-refractivity contribution in [2.45, 2.75) is 31.2 Å². The summed E-state index contributed by atoms with van der Waals surface area (Å²) in [6.45, 7) is -0.340. The van der Waals surface area contributed by atoms with Crippen molar-refractivity contribution in [2.24, 2.45) is 0 Å². The Bertz CT molecular complexity index is 1080. The third-order valence-corrected chi connectivity index (χ3v) is 5.77. The summed E-state index contributed by atoms with van der Waals surface area (Å²) in [4.78, 5) is 23.9. The molecule has 4 nitrogen and oxygen atoms in total. The van der Waals surface area contributed by atoms with Gasteiger partial charge in [-0.1, -0.05) is 59.1 Å². The molecule has 0 aliphatic rings. The predicted molar refractivity (Wildman–Crippen MR) is 122 cm³/mol. The largest absolute Gasteiger partial charge is 0.405 e. The Kier molecular flexibility index (Phi) is 9.49. The molecule has 190 valence electrons. The van der Waals surface area contributed by atoms with E-state index in [1.54, 1.807) is 5.32 Å². The number of hydrogen-bond acceptors (Lipinski definition) is 2. The second-order valence-corrected chi connectivity index (χ2v) is 8.52. The van der Waals surface area contributed by atoms with Crippen LogP contribution in [0.1, 0.15) is 34.3 Å². The fraction of sp³-hybridized carbons (Fsp3) is 0.273. The first-order chi connectivity index (χ1) is 16.1. The minimum Gasteiger partial charge on any atom is -0.345 e. The lowest BCUT2D eigenvalue weighted by atomic mass is 9.97. The van der Waals surface area contributed by atoms with E-state index in [4.69, 9.17) is 34.8 Å². The van der Waals surface area contributed by atoms with Gasteiger partial charge in [-0.3, -0.25) is 9.59 Å². The third-order valence-electron chi connectivity index (χ3n) is 4.58. The molecule has 2 rings (SSSR count). The molecule has 2 atom stereocenters. The molecule has 2 amide bonds. The van der Waals surface area contributed by atoms with E-state index >= 15 is 0 Å². The quantitative estimate of drug-likeness (QED) is 0.289. The standard InChI is InChI=1S/C22H17Cl3F6N2O2/c1-11(19(34)32-10-21(26,27)28)33-20(35)13-5-2-12(3-6-13)4-7-15(22(29,30)31)14-8-16(23)18(25)17(24)9-14/h2-9,11,15H,10H2,1H3,(H,32,34)(H,33,35)/b7-4+/t11-,15?/m1/s1. The van der Waals surface area contributed by atoms with Crippen molar-refractivity contribution in [1.29, 1.82) is 0 Å². The van der Waals surface area contributed by atoms with E-state index in [2.05, 4.69) is 5.32 Å². The van der Waals surface area contributed by atoms with Gasteiger partial charge in [-0.25, -0.2) is 0 Å². The molecule has 0 aromatic heterocycles. The normalized spacial score (nSPS) is 14.0. The van der Waals surface area contributed by atoms with Crippen LogP contribution in [0.2, 0.25) is 15.1 Å². The summed E-state index contributed by atoms with van der Waals surface area (Å²) < 4.78 is 77.4. The minimum atomic E-state index is -4.67. The number of rotatable bonds is 7. The van der Waals surface area contributed by atoms with Crippen LogP contribution in [-0.2, 0) is 4.79 Å². The molecule has 0 aliphatic carbocycles.